The van der Waals surface area contributed by atoms with Crippen molar-refractivity contribution in [2.24, 2.45) is 0 Å². The number of aromatic hydroxyl groups is 1. The van der Waals surface area contributed by atoms with E-state index < -0.39 is 5.97 Å². The van der Waals surface area contributed by atoms with Gasteiger partial charge in [0.15, 0.2) is 0 Å². The van der Waals surface area contributed by atoms with Crippen molar-refractivity contribution in [2.45, 2.75) is 33.3 Å². The number of hydrogen-bond acceptors (Lipinski definition) is 3. The number of carbonyl (C=O) groups excluding carboxylic acids is 1. The van der Waals surface area contributed by atoms with Gasteiger partial charge in [-0.15, -0.1) is 0 Å². The number of phenols is 1. The Labute approximate surface area is 89.7 Å². The van der Waals surface area contributed by atoms with Crippen LogP contribution in [0.2, 0.25) is 0 Å². The molecule has 0 atom stereocenters. The minimum atomic E-state index is -0.481. The molecule has 0 saturated heterocycles. The third-order valence-electron chi connectivity index (χ3n) is 2.03. The fourth-order valence-corrected chi connectivity index (χ4v) is 1.25. The fraction of sp³-hybridized carbons (Fsp3) is 0.417. The van der Waals surface area contributed by atoms with E-state index in [1.165, 1.54) is 0 Å². The Morgan fingerprint density at radius 1 is 1.47 bits per heavy atom. The molecule has 1 N–H and O–H groups in total. The quantitative estimate of drug-likeness (QED) is 0.776. The fourth-order valence-electron chi connectivity index (χ4n) is 1.25. The Hall–Kier alpha value is -1.51. The zero-order chi connectivity index (χ0) is 11.4. The van der Waals surface area contributed by atoms with Crippen molar-refractivity contribution >= 4 is 5.97 Å². The average Bonchev–Trinajstić information content (AvgIpc) is 2.16. The summed E-state index contributed by atoms with van der Waals surface area (Å²) in [6, 6.07) is 5.01. The molecule has 0 spiro atoms. The van der Waals surface area contributed by atoms with E-state index in [0.29, 0.717) is 0 Å². The van der Waals surface area contributed by atoms with Crippen molar-refractivity contribution in [3.8, 4) is 5.75 Å². The third kappa shape index (κ3) is 2.98. The van der Waals surface area contributed by atoms with Gasteiger partial charge in [0, 0.05) is 0 Å². The lowest BCUT2D eigenvalue weighted by Gasteiger charge is -2.09. The topological polar surface area (TPSA) is 46.5 Å². The SMILES string of the molecule is CCc1ccc(C(=O)OC(C)C)c(O)c1. The highest BCUT2D eigenvalue weighted by Crippen LogP contribution is 2.20. The monoisotopic (exact) mass is 208 g/mol. The van der Waals surface area contributed by atoms with Gasteiger partial charge in [-0.2, -0.15) is 0 Å². The molecule has 0 radical (unpaired) electrons. The third-order valence-corrected chi connectivity index (χ3v) is 2.03. The van der Waals surface area contributed by atoms with Crippen LogP contribution in [0.5, 0.6) is 5.75 Å². The molecule has 0 aliphatic rings. The minimum absolute atomic E-state index is 0.0139. The molecule has 0 aliphatic heterocycles. The van der Waals surface area contributed by atoms with E-state index in [1.54, 1.807) is 26.0 Å². The normalized spacial score (nSPS) is 10.4. The number of ether oxygens (including phenoxy) is 1. The van der Waals surface area contributed by atoms with Crippen molar-refractivity contribution in [3.05, 3.63) is 29.3 Å². The van der Waals surface area contributed by atoms with Crippen LogP contribution >= 0.6 is 0 Å². The summed E-state index contributed by atoms with van der Waals surface area (Å²) in [4.78, 5) is 11.5. The second-order valence-corrected chi connectivity index (χ2v) is 3.66. The zero-order valence-corrected chi connectivity index (χ0v) is 9.28. The van der Waals surface area contributed by atoms with Crippen LogP contribution < -0.4 is 0 Å². The number of benzene rings is 1. The van der Waals surface area contributed by atoms with Gasteiger partial charge >= 0.3 is 5.97 Å². The van der Waals surface area contributed by atoms with E-state index in [2.05, 4.69) is 0 Å². The van der Waals surface area contributed by atoms with Crippen LogP contribution in [0.4, 0.5) is 0 Å². The number of carbonyl (C=O) groups is 1. The van der Waals surface area contributed by atoms with Crippen LogP contribution in [0.15, 0.2) is 18.2 Å². The Kier molecular flexibility index (Phi) is 3.72. The Morgan fingerprint density at radius 2 is 2.13 bits per heavy atom. The molecule has 0 aliphatic carbocycles. The molecule has 1 aromatic rings. The van der Waals surface area contributed by atoms with Crippen LogP contribution in [-0.4, -0.2) is 17.2 Å². The molecule has 3 heteroatoms. The molecule has 82 valence electrons. The molecule has 0 unspecified atom stereocenters. The first-order chi connectivity index (χ1) is 7.04. The van der Waals surface area contributed by atoms with Crippen molar-refractivity contribution in [1.82, 2.24) is 0 Å². The van der Waals surface area contributed by atoms with E-state index in [4.69, 9.17) is 4.74 Å². The highest BCUT2D eigenvalue weighted by atomic mass is 16.5. The first-order valence-corrected chi connectivity index (χ1v) is 5.07. The Bertz CT molecular complexity index is 356. The number of aryl methyl sites for hydroxylation is 1. The summed E-state index contributed by atoms with van der Waals surface area (Å²) >= 11 is 0. The number of phenolic OH excluding ortho intramolecular Hbond substituents is 1. The highest BCUT2D eigenvalue weighted by molar-refractivity contribution is 5.92. The van der Waals surface area contributed by atoms with Gasteiger partial charge in [0.25, 0.3) is 0 Å². The largest absolute Gasteiger partial charge is 0.507 e. The number of esters is 1. The molecule has 1 rings (SSSR count). The molecule has 0 bridgehead atoms. The molecule has 0 heterocycles. The van der Waals surface area contributed by atoms with Crippen LogP contribution in [0.25, 0.3) is 0 Å². The molecule has 0 aromatic heterocycles. The van der Waals surface area contributed by atoms with Gasteiger partial charge in [-0.25, -0.2) is 4.79 Å². The van der Waals surface area contributed by atoms with Gasteiger partial charge in [-0.3, -0.25) is 0 Å². The molecule has 1 aromatic carbocycles. The maximum Gasteiger partial charge on any atom is 0.342 e. The highest BCUT2D eigenvalue weighted by Gasteiger charge is 2.13. The summed E-state index contributed by atoms with van der Waals surface area (Å²) in [6.45, 7) is 5.53. The predicted octanol–water partition coefficient (Wildman–Crippen LogP) is 2.52. The van der Waals surface area contributed by atoms with Gasteiger partial charge in [0.2, 0.25) is 0 Å². The van der Waals surface area contributed by atoms with Gasteiger partial charge in [0.1, 0.15) is 11.3 Å². The van der Waals surface area contributed by atoms with Gasteiger partial charge in [-0.05, 0) is 38.0 Å². The van der Waals surface area contributed by atoms with E-state index in [9.17, 15) is 9.90 Å². The van der Waals surface area contributed by atoms with Gasteiger partial charge in [0.05, 0.1) is 6.10 Å². The molecule has 15 heavy (non-hydrogen) atoms. The van der Waals surface area contributed by atoms with Crippen molar-refractivity contribution < 1.29 is 14.6 Å². The Morgan fingerprint density at radius 3 is 2.60 bits per heavy atom. The summed E-state index contributed by atoms with van der Waals surface area (Å²) in [5, 5.41) is 9.60. The smallest absolute Gasteiger partial charge is 0.342 e. The van der Waals surface area contributed by atoms with E-state index in [-0.39, 0.29) is 17.4 Å². The average molecular weight is 208 g/mol. The van der Waals surface area contributed by atoms with Crippen molar-refractivity contribution in [1.29, 1.82) is 0 Å². The predicted molar refractivity (Wildman–Crippen MR) is 58.0 cm³/mol. The first-order valence-electron chi connectivity index (χ1n) is 5.07. The summed E-state index contributed by atoms with van der Waals surface area (Å²) in [7, 11) is 0. The molecule has 0 saturated carbocycles. The lowest BCUT2D eigenvalue weighted by Crippen LogP contribution is -2.11. The summed E-state index contributed by atoms with van der Waals surface area (Å²) < 4.78 is 4.99. The van der Waals surface area contributed by atoms with E-state index >= 15 is 0 Å². The molecular weight excluding hydrogens is 192 g/mol. The minimum Gasteiger partial charge on any atom is -0.507 e. The Balaban J connectivity index is 2.90. The van der Waals surface area contributed by atoms with Crippen LogP contribution in [0, 0.1) is 0 Å². The molecular formula is C12H16O3. The van der Waals surface area contributed by atoms with Crippen molar-refractivity contribution in [3.63, 3.8) is 0 Å². The lowest BCUT2D eigenvalue weighted by atomic mass is 10.1. The second kappa shape index (κ2) is 4.82. The van der Waals surface area contributed by atoms with Crippen LogP contribution in [0.1, 0.15) is 36.7 Å². The number of hydrogen-bond donors (Lipinski definition) is 1. The second-order valence-electron chi connectivity index (χ2n) is 3.66. The summed E-state index contributed by atoms with van der Waals surface area (Å²) in [6.07, 6.45) is 0.648. The van der Waals surface area contributed by atoms with Gasteiger partial charge < -0.3 is 9.84 Å². The standard InChI is InChI=1S/C12H16O3/c1-4-9-5-6-10(11(13)7-9)12(14)15-8(2)3/h5-8,13H,4H2,1-3H3. The van der Waals surface area contributed by atoms with Crippen LogP contribution in [0.3, 0.4) is 0 Å². The number of rotatable bonds is 3. The van der Waals surface area contributed by atoms with E-state index in [1.807, 2.05) is 13.0 Å². The maximum absolute atomic E-state index is 11.5. The summed E-state index contributed by atoms with van der Waals surface area (Å²) in [5.41, 5.74) is 1.22. The molecule has 0 fully saturated rings. The van der Waals surface area contributed by atoms with Gasteiger partial charge in [-0.1, -0.05) is 13.0 Å². The van der Waals surface area contributed by atoms with E-state index in [0.717, 1.165) is 12.0 Å². The zero-order valence-electron chi connectivity index (χ0n) is 9.28. The van der Waals surface area contributed by atoms with Crippen LogP contribution in [-0.2, 0) is 11.2 Å². The lowest BCUT2D eigenvalue weighted by molar-refractivity contribution is 0.0374. The molecule has 3 nitrogen and oxygen atoms in total. The molecule has 0 amide bonds. The maximum atomic E-state index is 11.5. The summed E-state index contributed by atoms with van der Waals surface area (Å²) in [5.74, 6) is -0.495. The van der Waals surface area contributed by atoms with Crippen molar-refractivity contribution in [2.75, 3.05) is 0 Å². The first kappa shape index (κ1) is 11.6.